The zero-order valence-corrected chi connectivity index (χ0v) is 8.67. The zero-order chi connectivity index (χ0) is 12.0. The van der Waals surface area contributed by atoms with Gasteiger partial charge in [0.2, 0.25) is 11.9 Å². The Labute approximate surface area is 91.9 Å². The third-order valence-electron chi connectivity index (χ3n) is 1.76. The van der Waals surface area contributed by atoms with Gasteiger partial charge in [-0.2, -0.15) is 0 Å². The van der Waals surface area contributed by atoms with E-state index in [1.807, 2.05) is 0 Å². The summed E-state index contributed by atoms with van der Waals surface area (Å²) < 4.78 is 0. The molecule has 0 saturated heterocycles. The minimum absolute atomic E-state index is 0.105. The quantitative estimate of drug-likeness (QED) is 0.621. The Hall–Kier alpha value is -2.02. The SMILES string of the molecule is C[C@@H](NCC(=O)Nc1ncccn1)C(=O)O. The van der Waals surface area contributed by atoms with Crippen LogP contribution in [0.15, 0.2) is 18.5 Å². The molecule has 0 aliphatic rings. The molecule has 0 spiro atoms. The van der Waals surface area contributed by atoms with E-state index in [1.54, 1.807) is 6.07 Å². The Bertz CT molecular complexity index is 368. The van der Waals surface area contributed by atoms with Crippen molar-refractivity contribution in [3.05, 3.63) is 18.5 Å². The van der Waals surface area contributed by atoms with E-state index in [0.717, 1.165) is 0 Å². The molecule has 0 saturated carbocycles. The summed E-state index contributed by atoms with van der Waals surface area (Å²) in [6, 6.07) is 0.850. The largest absolute Gasteiger partial charge is 0.480 e. The lowest BCUT2D eigenvalue weighted by atomic mass is 10.3. The molecular weight excluding hydrogens is 212 g/mol. The van der Waals surface area contributed by atoms with Gasteiger partial charge in [-0.3, -0.25) is 20.2 Å². The number of carbonyl (C=O) groups excluding carboxylic acids is 1. The number of nitrogens with one attached hydrogen (secondary N) is 2. The van der Waals surface area contributed by atoms with Gasteiger partial charge >= 0.3 is 5.97 Å². The van der Waals surface area contributed by atoms with E-state index in [0.29, 0.717) is 0 Å². The van der Waals surface area contributed by atoms with Crippen LogP contribution in [0.1, 0.15) is 6.92 Å². The fraction of sp³-hybridized carbons (Fsp3) is 0.333. The number of carboxylic acids is 1. The van der Waals surface area contributed by atoms with E-state index < -0.39 is 12.0 Å². The predicted molar refractivity (Wildman–Crippen MR) is 55.8 cm³/mol. The molecule has 7 nitrogen and oxygen atoms in total. The van der Waals surface area contributed by atoms with Crippen LogP contribution in [0.4, 0.5) is 5.95 Å². The predicted octanol–water partition coefficient (Wildman–Crippen LogP) is -0.522. The molecule has 16 heavy (non-hydrogen) atoms. The van der Waals surface area contributed by atoms with Gasteiger partial charge in [0.1, 0.15) is 6.04 Å². The number of anilines is 1. The Balaban J connectivity index is 2.35. The number of carboxylic acid groups (broad SMARTS) is 1. The molecular formula is C9H12N4O3. The normalized spacial score (nSPS) is 11.8. The lowest BCUT2D eigenvalue weighted by Gasteiger charge is -2.08. The molecule has 0 unspecified atom stereocenters. The van der Waals surface area contributed by atoms with Crippen molar-refractivity contribution in [3.8, 4) is 0 Å². The van der Waals surface area contributed by atoms with Crippen LogP contribution in [0.25, 0.3) is 0 Å². The monoisotopic (exact) mass is 224 g/mol. The average Bonchev–Trinajstić information content (AvgIpc) is 2.27. The summed E-state index contributed by atoms with van der Waals surface area (Å²) in [6.45, 7) is 1.35. The van der Waals surface area contributed by atoms with Gasteiger partial charge in [-0.25, -0.2) is 9.97 Å². The van der Waals surface area contributed by atoms with Crippen LogP contribution in [0.5, 0.6) is 0 Å². The third-order valence-corrected chi connectivity index (χ3v) is 1.76. The third kappa shape index (κ3) is 4.01. The van der Waals surface area contributed by atoms with E-state index in [4.69, 9.17) is 5.11 Å². The number of aromatic nitrogens is 2. The summed E-state index contributed by atoms with van der Waals surface area (Å²) in [5.74, 6) is -1.21. The highest BCUT2D eigenvalue weighted by atomic mass is 16.4. The standard InChI is InChI=1S/C9H12N4O3/c1-6(8(15)16)12-5-7(14)13-9-10-3-2-4-11-9/h2-4,6,12H,5H2,1H3,(H,15,16)(H,10,11,13,14)/t6-/m1/s1. The Kier molecular flexibility index (Phi) is 4.34. The minimum Gasteiger partial charge on any atom is -0.480 e. The maximum Gasteiger partial charge on any atom is 0.320 e. The van der Waals surface area contributed by atoms with E-state index in [9.17, 15) is 9.59 Å². The first-order valence-corrected chi connectivity index (χ1v) is 4.62. The first kappa shape index (κ1) is 12.1. The number of aliphatic carboxylic acids is 1. The van der Waals surface area contributed by atoms with Gasteiger partial charge in [0.15, 0.2) is 0 Å². The number of nitrogens with zero attached hydrogens (tertiary/aromatic N) is 2. The van der Waals surface area contributed by atoms with Crippen molar-refractivity contribution < 1.29 is 14.7 Å². The van der Waals surface area contributed by atoms with Crippen LogP contribution < -0.4 is 10.6 Å². The van der Waals surface area contributed by atoms with Gasteiger partial charge in [-0.15, -0.1) is 0 Å². The molecule has 0 bridgehead atoms. The summed E-state index contributed by atoms with van der Waals surface area (Å²) >= 11 is 0. The summed E-state index contributed by atoms with van der Waals surface area (Å²) in [4.78, 5) is 29.3. The van der Waals surface area contributed by atoms with Gasteiger partial charge in [0.05, 0.1) is 6.54 Å². The molecule has 1 aromatic heterocycles. The van der Waals surface area contributed by atoms with Crippen LogP contribution in [0, 0.1) is 0 Å². The summed E-state index contributed by atoms with van der Waals surface area (Å²) in [5.41, 5.74) is 0. The molecule has 0 aliphatic carbocycles. The zero-order valence-electron chi connectivity index (χ0n) is 8.67. The summed E-state index contributed by atoms with van der Waals surface area (Å²) in [5, 5.41) is 13.5. The van der Waals surface area contributed by atoms with Gasteiger partial charge < -0.3 is 5.11 Å². The van der Waals surface area contributed by atoms with Gasteiger partial charge in [0.25, 0.3) is 0 Å². The number of rotatable bonds is 5. The smallest absolute Gasteiger partial charge is 0.320 e. The van der Waals surface area contributed by atoms with Crippen molar-refractivity contribution in [2.24, 2.45) is 0 Å². The first-order chi connectivity index (χ1) is 7.59. The maximum absolute atomic E-state index is 11.3. The molecule has 1 heterocycles. The minimum atomic E-state index is -1.01. The van der Waals surface area contributed by atoms with Gasteiger partial charge in [-0.05, 0) is 13.0 Å². The first-order valence-electron chi connectivity index (χ1n) is 4.62. The summed E-state index contributed by atoms with van der Waals surface area (Å²) in [6.07, 6.45) is 2.99. The molecule has 1 rings (SSSR count). The highest BCUT2D eigenvalue weighted by molar-refractivity contribution is 5.90. The van der Waals surface area contributed by atoms with Crippen molar-refractivity contribution in [3.63, 3.8) is 0 Å². The maximum atomic E-state index is 11.3. The molecule has 3 N–H and O–H groups in total. The van der Waals surface area contributed by atoms with Crippen molar-refractivity contribution >= 4 is 17.8 Å². The Morgan fingerprint density at radius 3 is 2.62 bits per heavy atom. The van der Waals surface area contributed by atoms with Crippen LogP contribution >= 0.6 is 0 Å². The molecule has 0 fully saturated rings. The molecule has 0 radical (unpaired) electrons. The Morgan fingerprint density at radius 2 is 2.06 bits per heavy atom. The van der Waals surface area contributed by atoms with Crippen molar-refractivity contribution in [2.45, 2.75) is 13.0 Å². The highest BCUT2D eigenvalue weighted by Gasteiger charge is 2.11. The van der Waals surface area contributed by atoms with Gasteiger partial charge in [-0.1, -0.05) is 0 Å². The number of amides is 1. The van der Waals surface area contributed by atoms with E-state index in [2.05, 4.69) is 20.6 Å². The average molecular weight is 224 g/mol. The second kappa shape index (κ2) is 5.76. The molecule has 0 aromatic carbocycles. The lowest BCUT2D eigenvalue weighted by Crippen LogP contribution is -2.39. The molecule has 1 aromatic rings. The van der Waals surface area contributed by atoms with Crippen LogP contribution in [-0.4, -0.2) is 39.5 Å². The number of carbonyl (C=O) groups is 2. The topological polar surface area (TPSA) is 104 Å². The molecule has 1 amide bonds. The second-order valence-corrected chi connectivity index (χ2v) is 3.06. The van der Waals surface area contributed by atoms with Gasteiger partial charge in [0, 0.05) is 12.4 Å². The summed E-state index contributed by atoms with van der Waals surface area (Å²) in [7, 11) is 0. The van der Waals surface area contributed by atoms with E-state index in [1.165, 1.54) is 19.3 Å². The number of hydrogen-bond acceptors (Lipinski definition) is 5. The molecule has 1 atom stereocenters. The number of hydrogen-bond donors (Lipinski definition) is 3. The van der Waals surface area contributed by atoms with Crippen LogP contribution in [0.3, 0.4) is 0 Å². The lowest BCUT2D eigenvalue weighted by molar-refractivity contribution is -0.139. The second-order valence-electron chi connectivity index (χ2n) is 3.06. The van der Waals surface area contributed by atoms with Crippen LogP contribution in [0.2, 0.25) is 0 Å². The molecule has 0 aliphatic heterocycles. The fourth-order valence-corrected chi connectivity index (χ4v) is 0.866. The Morgan fingerprint density at radius 1 is 1.44 bits per heavy atom. The molecule has 86 valence electrons. The highest BCUT2D eigenvalue weighted by Crippen LogP contribution is 1.92. The van der Waals surface area contributed by atoms with Crippen molar-refractivity contribution in [1.29, 1.82) is 0 Å². The van der Waals surface area contributed by atoms with E-state index >= 15 is 0 Å². The van der Waals surface area contributed by atoms with Crippen LogP contribution in [-0.2, 0) is 9.59 Å². The van der Waals surface area contributed by atoms with E-state index in [-0.39, 0.29) is 18.4 Å². The fourth-order valence-electron chi connectivity index (χ4n) is 0.866. The van der Waals surface area contributed by atoms with Crippen molar-refractivity contribution in [1.82, 2.24) is 15.3 Å². The molecule has 7 heteroatoms. The van der Waals surface area contributed by atoms with Crippen molar-refractivity contribution in [2.75, 3.05) is 11.9 Å².